The van der Waals surface area contributed by atoms with Crippen LogP contribution in [-0.2, 0) is 6.61 Å². The topological polar surface area (TPSA) is 39.4 Å². The van der Waals surface area contributed by atoms with Crippen LogP contribution in [0.4, 0.5) is 0 Å². The van der Waals surface area contributed by atoms with Crippen molar-refractivity contribution in [2.75, 3.05) is 0 Å². The number of carbonyl (C=O) groups is 1. The molecule has 0 atom stereocenters. The van der Waals surface area contributed by atoms with Crippen molar-refractivity contribution in [1.82, 2.24) is 0 Å². The van der Waals surface area contributed by atoms with Gasteiger partial charge in [0, 0.05) is 20.6 Å². The van der Waals surface area contributed by atoms with E-state index in [1.165, 1.54) is 6.08 Å². The average molecular weight is 432 g/mol. The number of halogens is 2. The molecule has 3 rings (SSSR count). The van der Waals surface area contributed by atoms with E-state index in [9.17, 15) is 4.79 Å². The molecule has 132 valence electrons. The molecule has 0 spiro atoms. The van der Waals surface area contributed by atoms with E-state index in [1.807, 2.05) is 43.3 Å². The standard InChI is InChI=1S/C21H16BrClO3/c1-14-19(23)3-2-4-21(14)25-13-18-10-9-17(26-18)11-12-20(24)15-5-7-16(22)8-6-15/h2-12H,13H2,1H3/b12-11+. The zero-order valence-corrected chi connectivity index (χ0v) is 16.4. The minimum atomic E-state index is -0.0822. The quantitative estimate of drug-likeness (QED) is 0.331. The van der Waals surface area contributed by atoms with Crippen molar-refractivity contribution in [1.29, 1.82) is 0 Å². The van der Waals surface area contributed by atoms with Crippen molar-refractivity contribution >= 4 is 39.4 Å². The van der Waals surface area contributed by atoms with Crippen LogP contribution in [0.15, 0.2) is 69.6 Å². The molecule has 3 aromatic rings. The fraction of sp³-hybridized carbons (Fsp3) is 0.0952. The molecule has 0 saturated carbocycles. The first-order valence-corrected chi connectivity index (χ1v) is 9.14. The lowest BCUT2D eigenvalue weighted by Gasteiger charge is -2.08. The summed E-state index contributed by atoms with van der Waals surface area (Å²) < 4.78 is 12.4. The number of hydrogen-bond donors (Lipinski definition) is 0. The molecule has 0 fully saturated rings. The lowest BCUT2D eigenvalue weighted by molar-refractivity contribution is 0.104. The maximum atomic E-state index is 12.1. The summed E-state index contributed by atoms with van der Waals surface area (Å²) in [5, 5.41) is 0.664. The molecule has 0 saturated heterocycles. The molecule has 0 aliphatic carbocycles. The van der Waals surface area contributed by atoms with Crippen LogP contribution in [0, 0.1) is 6.92 Å². The molecule has 0 amide bonds. The number of allylic oxidation sites excluding steroid dienone is 1. The zero-order valence-electron chi connectivity index (χ0n) is 14.0. The monoisotopic (exact) mass is 430 g/mol. The number of rotatable bonds is 6. The highest BCUT2D eigenvalue weighted by Crippen LogP contribution is 2.26. The molecule has 0 bridgehead atoms. The third-order valence-corrected chi connectivity index (χ3v) is 4.74. The van der Waals surface area contributed by atoms with Gasteiger partial charge in [0.25, 0.3) is 0 Å². The maximum absolute atomic E-state index is 12.1. The van der Waals surface area contributed by atoms with Gasteiger partial charge < -0.3 is 9.15 Å². The van der Waals surface area contributed by atoms with Gasteiger partial charge in [-0.15, -0.1) is 0 Å². The fourth-order valence-corrected chi connectivity index (χ4v) is 2.75. The minimum absolute atomic E-state index is 0.0822. The summed E-state index contributed by atoms with van der Waals surface area (Å²) in [6.07, 6.45) is 3.15. The third kappa shape index (κ3) is 4.65. The SMILES string of the molecule is Cc1c(Cl)cccc1OCc1ccc(/C=C/C(=O)c2ccc(Br)cc2)o1. The van der Waals surface area contributed by atoms with Gasteiger partial charge in [-0.2, -0.15) is 0 Å². The van der Waals surface area contributed by atoms with E-state index >= 15 is 0 Å². The van der Waals surface area contributed by atoms with E-state index in [0.29, 0.717) is 22.1 Å². The molecule has 0 unspecified atom stereocenters. The Hall–Kier alpha value is -2.30. The van der Waals surface area contributed by atoms with Gasteiger partial charge in [-0.05, 0) is 67.6 Å². The molecule has 0 radical (unpaired) electrons. The number of benzene rings is 2. The van der Waals surface area contributed by atoms with Crippen molar-refractivity contribution < 1.29 is 13.9 Å². The number of hydrogen-bond acceptors (Lipinski definition) is 3. The van der Waals surface area contributed by atoms with Crippen LogP contribution in [0.5, 0.6) is 5.75 Å². The van der Waals surface area contributed by atoms with E-state index in [2.05, 4.69) is 15.9 Å². The number of ketones is 1. The largest absolute Gasteiger partial charge is 0.485 e. The Labute approximate surface area is 165 Å². The third-order valence-electron chi connectivity index (χ3n) is 3.80. The second-order valence-corrected chi connectivity index (χ2v) is 6.98. The minimum Gasteiger partial charge on any atom is -0.485 e. The molecule has 0 aliphatic heterocycles. The van der Waals surface area contributed by atoms with Gasteiger partial charge in [-0.25, -0.2) is 0 Å². The average Bonchev–Trinajstić information content (AvgIpc) is 3.09. The van der Waals surface area contributed by atoms with Gasteiger partial charge in [0.2, 0.25) is 0 Å². The van der Waals surface area contributed by atoms with Gasteiger partial charge >= 0.3 is 0 Å². The van der Waals surface area contributed by atoms with Crippen LogP contribution >= 0.6 is 27.5 Å². The molecule has 26 heavy (non-hydrogen) atoms. The Morgan fingerprint density at radius 3 is 2.69 bits per heavy atom. The van der Waals surface area contributed by atoms with E-state index in [0.717, 1.165) is 15.8 Å². The van der Waals surface area contributed by atoms with Gasteiger partial charge in [0.15, 0.2) is 5.78 Å². The molecular formula is C21H16BrClO3. The Kier molecular flexibility index (Phi) is 5.96. The molecule has 1 aromatic heterocycles. The van der Waals surface area contributed by atoms with Gasteiger partial charge in [0.05, 0.1) is 0 Å². The summed E-state index contributed by atoms with van der Waals surface area (Å²) >= 11 is 9.43. The normalized spacial score (nSPS) is 11.0. The second-order valence-electron chi connectivity index (χ2n) is 5.66. The summed E-state index contributed by atoms with van der Waals surface area (Å²) in [7, 11) is 0. The summed E-state index contributed by atoms with van der Waals surface area (Å²) in [6.45, 7) is 2.19. The highest BCUT2D eigenvalue weighted by Gasteiger charge is 2.06. The van der Waals surface area contributed by atoms with Crippen LogP contribution in [0.25, 0.3) is 6.08 Å². The molecule has 5 heteroatoms. The molecule has 1 heterocycles. The first kappa shape index (κ1) is 18.5. The first-order chi connectivity index (χ1) is 12.5. The molecular weight excluding hydrogens is 416 g/mol. The van der Waals surface area contributed by atoms with Crippen molar-refractivity contribution in [3.63, 3.8) is 0 Å². The lowest BCUT2D eigenvalue weighted by atomic mass is 10.1. The molecule has 0 N–H and O–H groups in total. The Morgan fingerprint density at radius 2 is 1.92 bits per heavy atom. The van der Waals surface area contributed by atoms with Crippen LogP contribution in [-0.4, -0.2) is 5.78 Å². The molecule has 0 aliphatic rings. The van der Waals surface area contributed by atoms with E-state index in [-0.39, 0.29) is 12.4 Å². The highest BCUT2D eigenvalue weighted by atomic mass is 79.9. The van der Waals surface area contributed by atoms with Crippen molar-refractivity contribution in [2.45, 2.75) is 13.5 Å². The van der Waals surface area contributed by atoms with Crippen LogP contribution in [0.1, 0.15) is 27.4 Å². The summed E-state index contributed by atoms with van der Waals surface area (Å²) in [5.41, 5.74) is 1.51. The van der Waals surface area contributed by atoms with Gasteiger partial charge in [-0.1, -0.05) is 33.6 Å². The maximum Gasteiger partial charge on any atom is 0.185 e. The summed E-state index contributed by atoms with van der Waals surface area (Å²) in [6, 6.07) is 16.4. The van der Waals surface area contributed by atoms with Crippen molar-refractivity contribution in [2.24, 2.45) is 0 Å². The van der Waals surface area contributed by atoms with E-state index in [4.69, 9.17) is 20.8 Å². The molecule has 2 aromatic carbocycles. The summed E-state index contributed by atoms with van der Waals surface area (Å²) in [5.74, 6) is 1.90. The fourth-order valence-electron chi connectivity index (χ4n) is 2.32. The predicted molar refractivity (Wildman–Crippen MR) is 107 cm³/mol. The summed E-state index contributed by atoms with van der Waals surface area (Å²) in [4.78, 5) is 12.1. The second kappa shape index (κ2) is 8.39. The van der Waals surface area contributed by atoms with Crippen LogP contribution < -0.4 is 4.74 Å². The lowest BCUT2D eigenvalue weighted by Crippen LogP contribution is -1.95. The van der Waals surface area contributed by atoms with E-state index < -0.39 is 0 Å². The Bertz CT molecular complexity index is 942. The van der Waals surface area contributed by atoms with Crippen LogP contribution in [0.3, 0.4) is 0 Å². The highest BCUT2D eigenvalue weighted by molar-refractivity contribution is 9.10. The van der Waals surface area contributed by atoms with Crippen LogP contribution in [0.2, 0.25) is 5.02 Å². The smallest absolute Gasteiger partial charge is 0.185 e. The Balaban J connectivity index is 1.61. The number of ether oxygens (including phenoxy) is 1. The van der Waals surface area contributed by atoms with Crippen molar-refractivity contribution in [3.8, 4) is 5.75 Å². The number of carbonyl (C=O) groups excluding carboxylic acids is 1. The number of furan rings is 1. The van der Waals surface area contributed by atoms with Crippen molar-refractivity contribution in [3.05, 3.63) is 92.8 Å². The van der Waals surface area contributed by atoms with Gasteiger partial charge in [0.1, 0.15) is 23.9 Å². The van der Waals surface area contributed by atoms with Gasteiger partial charge in [-0.3, -0.25) is 4.79 Å². The Morgan fingerprint density at radius 1 is 1.15 bits per heavy atom. The first-order valence-electron chi connectivity index (χ1n) is 7.97. The zero-order chi connectivity index (χ0) is 18.5. The predicted octanol–water partition coefficient (Wildman–Crippen LogP) is 6.48. The molecule has 3 nitrogen and oxygen atoms in total. The van der Waals surface area contributed by atoms with E-state index in [1.54, 1.807) is 24.3 Å².